The van der Waals surface area contributed by atoms with Gasteiger partial charge in [-0.05, 0) is 37.1 Å². The molecule has 0 saturated carbocycles. The average molecular weight is 239 g/mol. The Morgan fingerprint density at radius 1 is 1.50 bits per heavy atom. The maximum atomic E-state index is 6.20. The average Bonchev–Trinajstić information content (AvgIpc) is 2.60. The van der Waals surface area contributed by atoms with Crippen LogP contribution in [0.4, 0.5) is 0 Å². The molecule has 88 valence electrons. The number of benzene rings is 1. The second kappa shape index (κ2) is 5.17. The third-order valence-electron chi connectivity index (χ3n) is 3.25. The standard InChI is InChI=1S/C13H19ClN2/c1-2-7-16-8-6-12(15)13(16)10-4-3-5-11(14)9-10/h3-5,9,12-13H,2,6-8,15H2,1H3. The topological polar surface area (TPSA) is 29.3 Å². The van der Waals surface area contributed by atoms with Crippen molar-refractivity contribution < 1.29 is 0 Å². The third kappa shape index (κ3) is 2.40. The molecule has 2 nitrogen and oxygen atoms in total. The molecule has 0 bridgehead atoms. The predicted octanol–water partition coefficient (Wildman–Crippen LogP) is 2.82. The highest BCUT2D eigenvalue weighted by molar-refractivity contribution is 6.30. The van der Waals surface area contributed by atoms with E-state index >= 15 is 0 Å². The molecule has 3 heteroatoms. The van der Waals surface area contributed by atoms with E-state index in [2.05, 4.69) is 17.9 Å². The Hall–Kier alpha value is -0.570. The number of hydrogen-bond donors (Lipinski definition) is 1. The Kier molecular flexibility index (Phi) is 3.85. The molecule has 0 aromatic heterocycles. The third-order valence-corrected chi connectivity index (χ3v) is 3.48. The van der Waals surface area contributed by atoms with Crippen molar-refractivity contribution in [3.8, 4) is 0 Å². The fraction of sp³-hybridized carbons (Fsp3) is 0.538. The molecule has 0 radical (unpaired) electrons. The maximum Gasteiger partial charge on any atom is 0.0500 e. The fourth-order valence-corrected chi connectivity index (χ4v) is 2.77. The van der Waals surface area contributed by atoms with E-state index in [1.165, 1.54) is 12.0 Å². The second-order valence-electron chi connectivity index (χ2n) is 4.49. The van der Waals surface area contributed by atoms with Crippen molar-refractivity contribution in [1.29, 1.82) is 0 Å². The molecule has 1 aromatic rings. The van der Waals surface area contributed by atoms with Crippen LogP contribution < -0.4 is 5.73 Å². The first kappa shape index (κ1) is 11.9. The molecule has 2 atom stereocenters. The number of nitrogens with zero attached hydrogens (tertiary/aromatic N) is 1. The highest BCUT2D eigenvalue weighted by Gasteiger charge is 2.32. The van der Waals surface area contributed by atoms with Gasteiger partial charge < -0.3 is 5.73 Å². The van der Waals surface area contributed by atoms with Crippen LogP contribution in [-0.4, -0.2) is 24.0 Å². The normalized spacial score (nSPS) is 26.2. The molecule has 0 aliphatic carbocycles. The summed E-state index contributed by atoms with van der Waals surface area (Å²) in [6.07, 6.45) is 2.25. The van der Waals surface area contributed by atoms with Crippen molar-refractivity contribution in [2.45, 2.75) is 31.8 Å². The molecule has 1 aromatic carbocycles. The lowest BCUT2D eigenvalue weighted by atomic mass is 10.0. The maximum absolute atomic E-state index is 6.20. The van der Waals surface area contributed by atoms with Gasteiger partial charge in [0.05, 0.1) is 0 Å². The molecule has 16 heavy (non-hydrogen) atoms. The van der Waals surface area contributed by atoms with E-state index in [1.807, 2.05) is 18.2 Å². The summed E-state index contributed by atoms with van der Waals surface area (Å²) in [6.45, 7) is 4.43. The summed E-state index contributed by atoms with van der Waals surface area (Å²) in [5.41, 5.74) is 7.45. The zero-order valence-electron chi connectivity index (χ0n) is 9.70. The second-order valence-corrected chi connectivity index (χ2v) is 4.92. The van der Waals surface area contributed by atoms with E-state index in [4.69, 9.17) is 17.3 Å². The molecular formula is C13H19ClN2. The number of halogens is 1. The van der Waals surface area contributed by atoms with Crippen LogP contribution in [-0.2, 0) is 0 Å². The lowest BCUT2D eigenvalue weighted by molar-refractivity contribution is 0.248. The van der Waals surface area contributed by atoms with Gasteiger partial charge >= 0.3 is 0 Å². The first-order valence-corrected chi connectivity index (χ1v) is 6.35. The van der Waals surface area contributed by atoms with E-state index in [0.717, 1.165) is 24.5 Å². The van der Waals surface area contributed by atoms with Crippen molar-refractivity contribution in [2.24, 2.45) is 5.73 Å². The minimum atomic E-state index is 0.241. The van der Waals surface area contributed by atoms with Gasteiger partial charge in [-0.25, -0.2) is 0 Å². The van der Waals surface area contributed by atoms with Gasteiger partial charge in [-0.2, -0.15) is 0 Å². The molecule has 1 aliphatic heterocycles. The summed E-state index contributed by atoms with van der Waals surface area (Å²) in [7, 11) is 0. The van der Waals surface area contributed by atoms with Gasteiger partial charge in [-0.3, -0.25) is 4.90 Å². The number of rotatable bonds is 3. The van der Waals surface area contributed by atoms with Gasteiger partial charge in [0.15, 0.2) is 0 Å². The Labute approximate surface area is 102 Å². The van der Waals surface area contributed by atoms with Crippen molar-refractivity contribution in [3.05, 3.63) is 34.9 Å². The fourth-order valence-electron chi connectivity index (χ4n) is 2.57. The predicted molar refractivity (Wildman–Crippen MR) is 68.6 cm³/mol. The lowest BCUT2D eigenvalue weighted by Crippen LogP contribution is -2.32. The lowest BCUT2D eigenvalue weighted by Gasteiger charge is -2.26. The SMILES string of the molecule is CCCN1CCC(N)C1c1cccc(Cl)c1. The van der Waals surface area contributed by atoms with Crippen molar-refractivity contribution in [3.63, 3.8) is 0 Å². The number of hydrogen-bond acceptors (Lipinski definition) is 2. The molecule has 0 amide bonds. The molecule has 2 rings (SSSR count). The van der Waals surface area contributed by atoms with Crippen LogP contribution in [0.3, 0.4) is 0 Å². The highest BCUT2D eigenvalue weighted by Crippen LogP contribution is 2.32. The summed E-state index contributed by atoms with van der Waals surface area (Å²) in [5.74, 6) is 0. The van der Waals surface area contributed by atoms with Crippen molar-refractivity contribution >= 4 is 11.6 Å². The first-order chi connectivity index (χ1) is 7.72. The molecule has 0 spiro atoms. The van der Waals surface area contributed by atoms with Crippen LogP contribution in [0.25, 0.3) is 0 Å². The highest BCUT2D eigenvalue weighted by atomic mass is 35.5. The van der Waals surface area contributed by atoms with E-state index < -0.39 is 0 Å². The monoisotopic (exact) mass is 238 g/mol. The number of likely N-dealkylation sites (tertiary alicyclic amines) is 1. The smallest absolute Gasteiger partial charge is 0.0500 e. The van der Waals surface area contributed by atoms with Crippen LogP contribution in [0.15, 0.2) is 24.3 Å². The van der Waals surface area contributed by atoms with Gasteiger partial charge in [0.2, 0.25) is 0 Å². The summed E-state index contributed by atoms with van der Waals surface area (Å²) < 4.78 is 0. The van der Waals surface area contributed by atoms with E-state index in [0.29, 0.717) is 6.04 Å². The molecule has 1 fully saturated rings. The molecule has 1 heterocycles. The van der Waals surface area contributed by atoms with Crippen LogP contribution in [0.5, 0.6) is 0 Å². The van der Waals surface area contributed by atoms with Gasteiger partial charge in [0.1, 0.15) is 0 Å². The van der Waals surface area contributed by atoms with E-state index in [9.17, 15) is 0 Å². The molecule has 1 aliphatic rings. The summed E-state index contributed by atoms with van der Waals surface area (Å²) >= 11 is 6.04. The summed E-state index contributed by atoms with van der Waals surface area (Å²) in [6, 6.07) is 8.68. The van der Waals surface area contributed by atoms with Crippen molar-refractivity contribution in [2.75, 3.05) is 13.1 Å². The van der Waals surface area contributed by atoms with E-state index in [-0.39, 0.29) is 6.04 Å². The van der Waals surface area contributed by atoms with Gasteiger partial charge in [-0.15, -0.1) is 0 Å². The Balaban J connectivity index is 2.22. The molecule has 1 saturated heterocycles. The quantitative estimate of drug-likeness (QED) is 0.878. The van der Waals surface area contributed by atoms with Gasteiger partial charge in [0.25, 0.3) is 0 Å². The summed E-state index contributed by atoms with van der Waals surface area (Å²) in [4.78, 5) is 2.47. The Bertz CT molecular complexity index is 352. The molecular weight excluding hydrogens is 220 g/mol. The largest absolute Gasteiger partial charge is 0.326 e. The first-order valence-electron chi connectivity index (χ1n) is 5.97. The minimum Gasteiger partial charge on any atom is -0.326 e. The van der Waals surface area contributed by atoms with Crippen LogP contribution in [0.1, 0.15) is 31.4 Å². The van der Waals surface area contributed by atoms with Crippen molar-refractivity contribution in [1.82, 2.24) is 4.90 Å². The summed E-state index contributed by atoms with van der Waals surface area (Å²) in [5, 5.41) is 0.799. The zero-order valence-corrected chi connectivity index (χ0v) is 10.5. The molecule has 2 N–H and O–H groups in total. The number of nitrogens with two attached hydrogens (primary N) is 1. The zero-order chi connectivity index (χ0) is 11.5. The van der Waals surface area contributed by atoms with Crippen LogP contribution >= 0.6 is 11.6 Å². The Morgan fingerprint density at radius 2 is 2.31 bits per heavy atom. The van der Waals surface area contributed by atoms with E-state index in [1.54, 1.807) is 0 Å². The van der Waals surface area contributed by atoms with Gasteiger partial charge in [0, 0.05) is 23.7 Å². The molecule has 2 unspecified atom stereocenters. The Morgan fingerprint density at radius 3 is 3.00 bits per heavy atom. The van der Waals surface area contributed by atoms with Gasteiger partial charge in [-0.1, -0.05) is 30.7 Å². The minimum absolute atomic E-state index is 0.241. The van der Waals surface area contributed by atoms with Crippen LogP contribution in [0.2, 0.25) is 5.02 Å². The van der Waals surface area contributed by atoms with Crippen LogP contribution in [0, 0.1) is 0 Å².